The van der Waals surface area contributed by atoms with Gasteiger partial charge in [0, 0.05) is 29.7 Å². The zero-order valence-corrected chi connectivity index (χ0v) is 11.9. The van der Waals surface area contributed by atoms with E-state index < -0.39 is 12.0 Å². The van der Waals surface area contributed by atoms with Crippen molar-refractivity contribution in [1.82, 2.24) is 9.97 Å². The molecule has 1 aromatic rings. The maximum Gasteiger partial charge on any atom is 0.451 e. The van der Waals surface area contributed by atoms with Gasteiger partial charge in [-0.3, -0.25) is 0 Å². The van der Waals surface area contributed by atoms with Crippen molar-refractivity contribution in [2.45, 2.75) is 31.3 Å². The van der Waals surface area contributed by atoms with Crippen LogP contribution in [0.4, 0.5) is 24.8 Å². The first kappa shape index (κ1) is 15.2. The predicted octanol–water partition coefficient (Wildman–Crippen LogP) is 2.11. The van der Waals surface area contributed by atoms with Crippen molar-refractivity contribution in [3.05, 3.63) is 11.9 Å². The Bertz CT molecular complexity index is 482. The number of hydrogen-bond donors (Lipinski definition) is 2. The highest BCUT2D eigenvalue weighted by atomic mass is 32.2. The number of halogens is 3. The summed E-state index contributed by atoms with van der Waals surface area (Å²) in [6.45, 7) is 4.67. The highest BCUT2D eigenvalue weighted by molar-refractivity contribution is 8.00. The molecular weight excluding hydrogens is 291 g/mol. The number of nitrogens with two attached hydrogens (primary N) is 1. The highest BCUT2D eigenvalue weighted by Gasteiger charge is 2.36. The van der Waals surface area contributed by atoms with Crippen molar-refractivity contribution in [2.75, 3.05) is 22.6 Å². The van der Waals surface area contributed by atoms with Gasteiger partial charge in [0.15, 0.2) is 0 Å². The Morgan fingerprint density at radius 3 is 2.70 bits per heavy atom. The van der Waals surface area contributed by atoms with Crippen molar-refractivity contribution >= 4 is 23.4 Å². The molecule has 1 fully saturated rings. The zero-order chi connectivity index (χ0) is 14.9. The number of nitrogens with zero attached hydrogens (tertiary/aromatic N) is 3. The lowest BCUT2D eigenvalue weighted by Gasteiger charge is -2.38. The normalized spacial score (nSPS) is 23.8. The van der Waals surface area contributed by atoms with Gasteiger partial charge in [-0.2, -0.15) is 24.9 Å². The fraction of sp³-hybridized carbons (Fsp3) is 0.636. The first-order valence-electron chi connectivity index (χ1n) is 6.14. The molecule has 0 bridgehead atoms. The third kappa shape index (κ3) is 3.09. The molecule has 0 aliphatic carbocycles. The number of nitrogens with one attached hydrogen (secondary N) is 1. The number of rotatable bonds is 2. The van der Waals surface area contributed by atoms with Crippen molar-refractivity contribution in [3.8, 4) is 0 Å². The van der Waals surface area contributed by atoms with Crippen molar-refractivity contribution in [1.29, 1.82) is 0 Å². The summed E-state index contributed by atoms with van der Waals surface area (Å²) < 4.78 is 38.4. The predicted molar refractivity (Wildman–Crippen MR) is 73.6 cm³/mol. The maximum atomic E-state index is 12.8. The molecule has 9 heteroatoms. The molecule has 0 saturated carbocycles. The first-order valence-corrected chi connectivity index (χ1v) is 7.19. The minimum atomic E-state index is -4.60. The average molecular weight is 307 g/mol. The molecule has 0 spiro atoms. The van der Waals surface area contributed by atoms with Crippen LogP contribution in [0.25, 0.3) is 0 Å². The summed E-state index contributed by atoms with van der Waals surface area (Å²) in [5.74, 6) is 5.07. The third-order valence-corrected chi connectivity index (χ3v) is 4.63. The molecule has 2 rings (SSSR count). The highest BCUT2D eigenvalue weighted by Crippen LogP contribution is 2.32. The number of hydrogen-bond acceptors (Lipinski definition) is 6. The van der Waals surface area contributed by atoms with Crippen LogP contribution in [-0.2, 0) is 6.18 Å². The van der Waals surface area contributed by atoms with E-state index in [0.717, 1.165) is 5.75 Å². The molecule has 1 saturated heterocycles. The van der Waals surface area contributed by atoms with Gasteiger partial charge in [-0.05, 0) is 6.92 Å². The van der Waals surface area contributed by atoms with E-state index in [1.807, 2.05) is 11.8 Å². The molecule has 0 radical (unpaired) electrons. The Morgan fingerprint density at radius 2 is 2.10 bits per heavy atom. The number of anilines is 2. The lowest BCUT2D eigenvalue weighted by atomic mass is 10.2. The number of alkyl halides is 3. The SMILES string of the molecule is CC1SCCN(c2cc(NN)nc(C(F)(F)F)n2)C1C. The molecule has 1 aliphatic rings. The first-order chi connectivity index (χ1) is 9.32. The van der Waals surface area contributed by atoms with Crippen LogP contribution in [0, 0.1) is 0 Å². The van der Waals surface area contributed by atoms with Gasteiger partial charge < -0.3 is 10.3 Å². The average Bonchev–Trinajstić information content (AvgIpc) is 2.40. The van der Waals surface area contributed by atoms with Gasteiger partial charge >= 0.3 is 6.18 Å². The second kappa shape index (κ2) is 5.65. The summed E-state index contributed by atoms with van der Waals surface area (Å²) in [5, 5.41) is 0.322. The van der Waals surface area contributed by atoms with Crippen LogP contribution >= 0.6 is 11.8 Å². The zero-order valence-electron chi connectivity index (χ0n) is 11.1. The topological polar surface area (TPSA) is 67.1 Å². The largest absolute Gasteiger partial charge is 0.451 e. The van der Waals surface area contributed by atoms with Crippen molar-refractivity contribution < 1.29 is 13.2 Å². The monoisotopic (exact) mass is 307 g/mol. The Kier molecular flexibility index (Phi) is 4.28. The lowest BCUT2D eigenvalue weighted by molar-refractivity contribution is -0.144. The summed E-state index contributed by atoms with van der Waals surface area (Å²) >= 11 is 1.80. The molecule has 2 atom stereocenters. The van der Waals surface area contributed by atoms with E-state index in [0.29, 0.717) is 11.8 Å². The van der Waals surface area contributed by atoms with Gasteiger partial charge in [-0.1, -0.05) is 6.92 Å². The summed E-state index contributed by atoms with van der Waals surface area (Å²) in [6, 6.07) is 1.53. The van der Waals surface area contributed by atoms with Gasteiger partial charge in [0.2, 0.25) is 5.82 Å². The second-order valence-electron chi connectivity index (χ2n) is 4.59. The molecule has 1 aliphatic heterocycles. The quantitative estimate of drug-likeness (QED) is 0.644. The molecule has 20 heavy (non-hydrogen) atoms. The summed E-state index contributed by atoms with van der Waals surface area (Å²) in [7, 11) is 0. The number of thioether (sulfide) groups is 1. The van der Waals surface area contributed by atoms with Crippen molar-refractivity contribution in [2.24, 2.45) is 5.84 Å². The molecule has 0 amide bonds. The summed E-state index contributed by atoms with van der Waals surface area (Å²) in [5.41, 5.74) is 2.16. The smallest absolute Gasteiger partial charge is 0.352 e. The standard InChI is InChI=1S/C11H16F3N5S/c1-6-7(2)20-4-3-19(6)9-5-8(18-15)16-10(17-9)11(12,13)14/h5-7H,3-4,15H2,1-2H3,(H,16,17,18). The van der Waals surface area contributed by atoms with E-state index in [2.05, 4.69) is 22.3 Å². The van der Waals surface area contributed by atoms with Crippen LogP contribution in [-0.4, -0.2) is 33.6 Å². The van der Waals surface area contributed by atoms with Crippen molar-refractivity contribution in [3.63, 3.8) is 0 Å². The Morgan fingerprint density at radius 1 is 1.40 bits per heavy atom. The van der Waals surface area contributed by atoms with Gasteiger partial charge in [0.1, 0.15) is 11.6 Å². The fourth-order valence-electron chi connectivity index (χ4n) is 2.04. The second-order valence-corrected chi connectivity index (χ2v) is 6.07. The van der Waals surface area contributed by atoms with E-state index in [4.69, 9.17) is 5.84 Å². The van der Waals surface area contributed by atoms with E-state index >= 15 is 0 Å². The summed E-state index contributed by atoms with van der Waals surface area (Å²) in [6.07, 6.45) is -4.60. The molecule has 112 valence electrons. The van der Waals surface area contributed by atoms with Gasteiger partial charge in [0.05, 0.1) is 0 Å². The Labute approximate surface area is 119 Å². The third-order valence-electron chi connectivity index (χ3n) is 3.29. The van der Waals surface area contributed by atoms with Crippen LogP contribution in [0.5, 0.6) is 0 Å². The minimum Gasteiger partial charge on any atom is -0.352 e. The molecule has 2 heterocycles. The molecule has 1 aromatic heterocycles. The van der Waals surface area contributed by atoms with Gasteiger partial charge in [0.25, 0.3) is 0 Å². The minimum absolute atomic E-state index is 0.0413. The number of aromatic nitrogens is 2. The van der Waals surface area contributed by atoms with E-state index in [9.17, 15) is 13.2 Å². The lowest BCUT2D eigenvalue weighted by Crippen LogP contribution is -2.45. The number of nitrogen functional groups attached to an aromatic ring is 1. The number of hydrazine groups is 1. The Balaban J connectivity index is 2.40. The van der Waals surface area contributed by atoms with E-state index in [-0.39, 0.29) is 17.7 Å². The van der Waals surface area contributed by atoms with Gasteiger partial charge in [-0.25, -0.2) is 15.8 Å². The fourth-order valence-corrected chi connectivity index (χ4v) is 3.14. The van der Waals surface area contributed by atoms with E-state index in [1.54, 1.807) is 11.8 Å². The Hall–Kier alpha value is -1.22. The van der Waals surface area contributed by atoms with Gasteiger partial charge in [-0.15, -0.1) is 0 Å². The van der Waals surface area contributed by atoms with Crippen LogP contribution in [0.3, 0.4) is 0 Å². The summed E-state index contributed by atoms with van der Waals surface area (Å²) in [4.78, 5) is 8.86. The van der Waals surface area contributed by atoms with Crippen LogP contribution in [0.1, 0.15) is 19.7 Å². The van der Waals surface area contributed by atoms with Crippen LogP contribution in [0.15, 0.2) is 6.07 Å². The molecule has 2 unspecified atom stereocenters. The van der Waals surface area contributed by atoms with Crippen LogP contribution in [0.2, 0.25) is 0 Å². The molecular formula is C11H16F3N5S. The van der Waals surface area contributed by atoms with Crippen LogP contribution < -0.4 is 16.2 Å². The molecule has 3 N–H and O–H groups in total. The van der Waals surface area contributed by atoms with E-state index in [1.165, 1.54) is 6.07 Å². The maximum absolute atomic E-state index is 12.8. The molecule has 0 aromatic carbocycles. The molecule has 5 nitrogen and oxygen atoms in total.